The van der Waals surface area contributed by atoms with E-state index in [1.54, 1.807) is 0 Å². The summed E-state index contributed by atoms with van der Waals surface area (Å²) in [5.41, 5.74) is -2.68. The first-order valence-electron chi connectivity index (χ1n) is 14.3. The van der Waals surface area contributed by atoms with Gasteiger partial charge in [-0.2, -0.15) is 0 Å². The standard InChI is InChI=1S/C29H52O8/c1-5-6-7-8-9-10-11-12-13-14-15-16-17-18-19-20-21-22-24(30)26(27(32)36-3)29(34,28(33)37-4)23-25(31)35-2/h26,34H,5-23H2,1-4H3. The summed E-state index contributed by atoms with van der Waals surface area (Å²) < 4.78 is 13.7. The number of unbranched alkanes of at least 4 members (excludes halogenated alkanes) is 16. The van der Waals surface area contributed by atoms with Crippen LogP contribution in [0.4, 0.5) is 0 Å². The number of hydrogen-bond donors (Lipinski definition) is 1. The first kappa shape index (κ1) is 35.0. The van der Waals surface area contributed by atoms with Crippen LogP contribution in [0.5, 0.6) is 0 Å². The summed E-state index contributed by atoms with van der Waals surface area (Å²) in [5, 5.41) is 10.9. The highest BCUT2D eigenvalue weighted by Gasteiger charge is 2.54. The van der Waals surface area contributed by atoms with Crippen molar-refractivity contribution in [2.24, 2.45) is 5.92 Å². The number of aliphatic hydroxyl groups is 1. The molecule has 0 radical (unpaired) electrons. The summed E-state index contributed by atoms with van der Waals surface area (Å²) in [6.45, 7) is 2.25. The van der Waals surface area contributed by atoms with Crippen molar-refractivity contribution in [3.8, 4) is 0 Å². The molecule has 0 spiro atoms. The maximum Gasteiger partial charge on any atom is 0.339 e. The third-order valence-electron chi connectivity index (χ3n) is 6.94. The van der Waals surface area contributed by atoms with Crippen LogP contribution in [0.25, 0.3) is 0 Å². The highest BCUT2D eigenvalue weighted by Crippen LogP contribution is 2.28. The molecule has 0 aromatic heterocycles. The zero-order valence-corrected chi connectivity index (χ0v) is 23.8. The van der Waals surface area contributed by atoms with Crippen molar-refractivity contribution in [1.82, 2.24) is 0 Å². The van der Waals surface area contributed by atoms with Crippen LogP contribution >= 0.6 is 0 Å². The Bertz CT molecular complexity index is 648. The van der Waals surface area contributed by atoms with Crippen LogP contribution in [0.15, 0.2) is 0 Å². The van der Waals surface area contributed by atoms with Crippen LogP contribution in [0.1, 0.15) is 129 Å². The third-order valence-corrected chi connectivity index (χ3v) is 6.94. The van der Waals surface area contributed by atoms with Gasteiger partial charge in [0.1, 0.15) is 0 Å². The molecule has 2 unspecified atom stereocenters. The number of methoxy groups -OCH3 is 3. The van der Waals surface area contributed by atoms with E-state index in [1.165, 1.54) is 77.0 Å². The molecule has 216 valence electrons. The van der Waals surface area contributed by atoms with Crippen molar-refractivity contribution in [2.75, 3.05) is 21.3 Å². The SMILES string of the molecule is CCCCCCCCCCCCCCCCCCCC(=O)C(C(=O)OC)C(O)(CC(=O)OC)C(=O)OC. The first-order chi connectivity index (χ1) is 17.8. The van der Waals surface area contributed by atoms with Gasteiger partial charge in [0.25, 0.3) is 0 Å². The number of ether oxygens (including phenoxy) is 3. The third kappa shape index (κ3) is 15.1. The quantitative estimate of drug-likeness (QED) is 0.0717. The molecule has 0 bridgehead atoms. The fraction of sp³-hybridized carbons (Fsp3) is 0.862. The zero-order chi connectivity index (χ0) is 27.9. The van der Waals surface area contributed by atoms with Crippen LogP contribution in [0, 0.1) is 5.92 Å². The van der Waals surface area contributed by atoms with E-state index in [2.05, 4.69) is 21.1 Å². The lowest BCUT2D eigenvalue weighted by Gasteiger charge is -2.30. The molecule has 37 heavy (non-hydrogen) atoms. The molecule has 0 aliphatic carbocycles. The van der Waals surface area contributed by atoms with Crippen LogP contribution in [0.2, 0.25) is 0 Å². The number of hydrogen-bond acceptors (Lipinski definition) is 8. The van der Waals surface area contributed by atoms with Crippen molar-refractivity contribution < 1.29 is 38.5 Å². The highest BCUT2D eigenvalue weighted by molar-refractivity contribution is 6.06. The molecule has 8 nitrogen and oxygen atoms in total. The lowest BCUT2D eigenvalue weighted by molar-refractivity contribution is -0.184. The Morgan fingerprint density at radius 2 is 1.03 bits per heavy atom. The highest BCUT2D eigenvalue weighted by atomic mass is 16.6. The number of Topliss-reactive ketones (excluding diaryl/α,β-unsaturated/α-hetero) is 1. The van der Waals surface area contributed by atoms with E-state index < -0.39 is 41.6 Å². The van der Waals surface area contributed by atoms with E-state index in [0.29, 0.717) is 6.42 Å². The maximum atomic E-state index is 12.8. The predicted molar refractivity (Wildman–Crippen MR) is 143 cm³/mol. The minimum Gasteiger partial charge on any atom is -0.469 e. The number of carbonyl (C=O) groups is 4. The second-order valence-electron chi connectivity index (χ2n) is 10.00. The topological polar surface area (TPSA) is 116 Å². The van der Waals surface area contributed by atoms with Gasteiger partial charge in [-0.3, -0.25) is 14.4 Å². The molecule has 8 heteroatoms. The lowest BCUT2D eigenvalue weighted by atomic mass is 9.80. The van der Waals surface area contributed by atoms with Gasteiger partial charge >= 0.3 is 17.9 Å². The smallest absolute Gasteiger partial charge is 0.339 e. The van der Waals surface area contributed by atoms with Gasteiger partial charge in [-0.05, 0) is 6.42 Å². The molecule has 0 aromatic rings. The molecule has 2 atom stereocenters. The predicted octanol–water partition coefficient (Wildman–Crippen LogP) is 5.85. The van der Waals surface area contributed by atoms with Crippen molar-refractivity contribution >= 4 is 23.7 Å². The molecule has 0 saturated heterocycles. The molecule has 0 fully saturated rings. The molecule has 0 saturated carbocycles. The number of carbonyl (C=O) groups excluding carboxylic acids is 4. The average molecular weight is 529 g/mol. The molecule has 0 aliphatic heterocycles. The molecule has 0 amide bonds. The summed E-state index contributed by atoms with van der Waals surface area (Å²) in [4.78, 5) is 49.1. The molecule has 0 aromatic carbocycles. The largest absolute Gasteiger partial charge is 0.469 e. The van der Waals surface area contributed by atoms with Gasteiger partial charge in [0.05, 0.1) is 27.8 Å². The molecule has 1 N–H and O–H groups in total. The van der Waals surface area contributed by atoms with E-state index in [-0.39, 0.29) is 6.42 Å². The lowest BCUT2D eigenvalue weighted by Crippen LogP contribution is -2.54. The number of esters is 3. The summed E-state index contributed by atoms with van der Waals surface area (Å²) in [7, 11) is 3.13. The summed E-state index contributed by atoms with van der Waals surface area (Å²) in [6.07, 6.45) is 19.7. The van der Waals surface area contributed by atoms with Gasteiger partial charge in [-0.25, -0.2) is 4.79 Å². The number of ketones is 1. The van der Waals surface area contributed by atoms with Gasteiger partial charge in [0, 0.05) is 6.42 Å². The second kappa shape index (κ2) is 22.1. The second-order valence-corrected chi connectivity index (χ2v) is 10.00. The van der Waals surface area contributed by atoms with Crippen molar-refractivity contribution in [3.63, 3.8) is 0 Å². The Hall–Kier alpha value is -1.96. The van der Waals surface area contributed by atoms with Crippen molar-refractivity contribution in [3.05, 3.63) is 0 Å². The molecule has 0 rings (SSSR count). The van der Waals surface area contributed by atoms with E-state index in [9.17, 15) is 24.3 Å². The number of rotatable bonds is 24. The van der Waals surface area contributed by atoms with Crippen molar-refractivity contribution in [2.45, 2.75) is 135 Å². The fourth-order valence-electron chi connectivity index (χ4n) is 4.64. The summed E-state index contributed by atoms with van der Waals surface area (Å²) in [5.74, 6) is -5.82. The van der Waals surface area contributed by atoms with Crippen LogP contribution in [0.3, 0.4) is 0 Å². The van der Waals surface area contributed by atoms with Crippen LogP contribution < -0.4 is 0 Å². The Labute approximate surface area is 224 Å². The summed E-state index contributed by atoms with van der Waals surface area (Å²) >= 11 is 0. The van der Waals surface area contributed by atoms with E-state index >= 15 is 0 Å². The molecule has 0 heterocycles. The Morgan fingerprint density at radius 1 is 0.622 bits per heavy atom. The van der Waals surface area contributed by atoms with Crippen LogP contribution in [-0.4, -0.2) is 55.7 Å². The van der Waals surface area contributed by atoms with Crippen molar-refractivity contribution in [1.29, 1.82) is 0 Å². The molecular weight excluding hydrogens is 476 g/mol. The molecular formula is C29H52O8. The van der Waals surface area contributed by atoms with E-state index in [4.69, 9.17) is 0 Å². The van der Waals surface area contributed by atoms with Gasteiger partial charge in [0.15, 0.2) is 17.3 Å². The minimum absolute atomic E-state index is 0.0150. The van der Waals surface area contributed by atoms with Gasteiger partial charge in [-0.15, -0.1) is 0 Å². The van der Waals surface area contributed by atoms with Gasteiger partial charge in [0.2, 0.25) is 0 Å². The molecule has 0 aliphatic rings. The Kier molecular flexibility index (Phi) is 20.9. The van der Waals surface area contributed by atoms with E-state index in [0.717, 1.165) is 47.0 Å². The minimum atomic E-state index is -2.68. The first-order valence-corrected chi connectivity index (χ1v) is 14.3. The average Bonchev–Trinajstić information content (AvgIpc) is 2.89. The fourth-order valence-corrected chi connectivity index (χ4v) is 4.64. The van der Waals surface area contributed by atoms with E-state index in [1.807, 2.05) is 0 Å². The Morgan fingerprint density at radius 3 is 1.38 bits per heavy atom. The van der Waals surface area contributed by atoms with Gasteiger partial charge < -0.3 is 19.3 Å². The van der Waals surface area contributed by atoms with Crippen LogP contribution in [-0.2, 0) is 33.4 Å². The zero-order valence-electron chi connectivity index (χ0n) is 23.8. The van der Waals surface area contributed by atoms with Gasteiger partial charge in [-0.1, -0.05) is 110 Å². The maximum absolute atomic E-state index is 12.8. The normalized spacial score (nSPS) is 13.4. The summed E-state index contributed by atoms with van der Waals surface area (Å²) in [6, 6.07) is 0. The monoisotopic (exact) mass is 528 g/mol. The Balaban J connectivity index is 4.18.